The molecule has 0 fully saturated rings. The van der Waals surface area contributed by atoms with Crippen molar-refractivity contribution in [3.8, 4) is 0 Å². The number of nitrogens with one attached hydrogen (secondary N) is 1. The molecule has 0 radical (unpaired) electrons. The van der Waals surface area contributed by atoms with Crippen molar-refractivity contribution in [1.29, 1.82) is 0 Å². The number of amides is 3. The van der Waals surface area contributed by atoms with Crippen molar-refractivity contribution in [3.05, 3.63) is 90.2 Å². The van der Waals surface area contributed by atoms with Crippen LogP contribution in [0.3, 0.4) is 0 Å². The van der Waals surface area contributed by atoms with E-state index in [4.69, 9.17) is 4.42 Å². The molecule has 0 spiro atoms. The second-order valence-corrected chi connectivity index (χ2v) is 7.81. The van der Waals surface area contributed by atoms with Crippen molar-refractivity contribution in [2.45, 2.75) is 26.9 Å². The van der Waals surface area contributed by atoms with E-state index in [1.807, 2.05) is 68.1 Å². The molecule has 0 atom stereocenters. The van der Waals surface area contributed by atoms with Gasteiger partial charge in [-0.15, -0.1) is 6.58 Å². The standard InChI is InChI=1S/C25H30N4O3/c1-5-13-28(25(31)26-24-19(2)9-6-10-20(24)3)18-23(30)29(17-22-12-8-15-32-22)16-21-11-7-14-27(21)4/h5-12,14-15H,1,13,16-18H2,2-4H3,(H,26,31). The molecule has 1 aromatic carbocycles. The fraction of sp³-hybridized carbons (Fsp3) is 0.280. The molecule has 0 aliphatic carbocycles. The van der Waals surface area contributed by atoms with Gasteiger partial charge in [0.15, 0.2) is 0 Å². The molecule has 7 nitrogen and oxygen atoms in total. The number of nitrogens with zero attached hydrogens (tertiary/aromatic N) is 3. The third-order valence-electron chi connectivity index (χ3n) is 5.36. The molecule has 32 heavy (non-hydrogen) atoms. The number of carbonyl (C=O) groups is 2. The molecule has 3 rings (SSSR count). The first-order chi connectivity index (χ1) is 15.4. The maximum atomic E-state index is 13.3. The van der Waals surface area contributed by atoms with Crippen molar-refractivity contribution in [1.82, 2.24) is 14.4 Å². The monoisotopic (exact) mass is 434 g/mol. The third-order valence-corrected chi connectivity index (χ3v) is 5.36. The number of anilines is 1. The van der Waals surface area contributed by atoms with Crippen LogP contribution in [0.25, 0.3) is 0 Å². The summed E-state index contributed by atoms with van der Waals surface area (Å²) in [4.78, 5) is 29.5. The van der Waals surface area contributed by atoms with Crippen LogP contribution < -0.4 is 5.32 Å². The summed E-state index contributed by atoms with van der Waals surface area (Å²) in [6.45, 7) is 8.53. The molecule has 0 saturated heterocycles. The Kier molecular flexibility index (Phi) is 7.54. The number of hydrogen-bond donors (Lipinski definition) is 1. The van der Waals surface area contributed by atoms with Gasteiger partial charge in [-0.3, -0.25) is 4.79 Å². The van der Waals surface area contributed by atoms with E-state index < -0.39 is 0 Å². The summed E-state index contributed by atoms with van der Waals surface area (Å²) in [5.41, 5.74) is 3.67. The molecule has 0 bridgehead atoms. The molecule has 2 aromatic heterocycles. The number of rotatable bonds is 9. The molecule has 3 aromatic rings. The molecule has 168 valence electrons. The topological polar surface area (TPSA) is 70.7 Å². The Hall–Kier alpha value is -3.74. The number of carbonyl (C=O) groups excluding carboxylic acids is 2. The van der Waals surface area contributed by atoms with Crippen molar-refractivity contribution >= 4 is 17.6 Å². The van der Waals surface area contributed by atoms with Crippen molar-refractivity contribution < 1.29 is 14.0 Å². The van der Waals surface area contributed by atoms with Crippen LogP contribution >= 0.6 is 0 Å². The number of para-hydroxylation sites is 1. The predicted molar refractivity (Wildman–Crippen MR) is 125 cm³/mol. The SMILES string of the molecule is C=CCN(CC(=O)N(Cc1ccco1)Cc1cccn1C)C(=O)Nc1c(C)cccc1C. The second kappa shape index (κ2) is 10.5. The molecule has 0 aliphatic heterocycles. The Bertz CT molecular complexity index is 1050. The van der Waals surface area contributed by atoms with Crippen LogP contribution in [0.5, 0.6) is 0 Å². The lowest BCUT2D eigenvalue weighted by Crippen LogP contribution is -2.44. The van der Waals surface area contributed by atoms with Gasteiger partial charge in [0.25, 0.3) is 0 Å². The van der Waals surface area contributed by atoms with Crippen LogP contribution in [0, 0.1) is 13.8 Å². The van der Waals surface area contributed by atoms with E-state index in [0.29, 0.717) is 18.8 Å². The van der Waals surface area contributed by atoms with Crippen molar-refractivity contribution in [3.63, 3.8) is 0 Å². The molecule has 0 aliphatic rings. The smallest absolute Gasteiger partial charge is 0.322 e. The second-order valence-electron chi connectivity index (χ2n) is 7.81. The van der Waals surface area contributed by atoms with Crippen molar-refractivity contribution in [2.24, 2.45) is 7.05 Å². The largest absolute Gasteiger partial charge is 0.467 e. The van der Waals surface area contributed by atoms with E-state index in [2.05, 4.69) is 11.9 Å². The summed E-state index contributed by atoms with van der Waals surface area (Å²) in [5, 5.41) is 2.95. The molecule has 2 heterocycles. The summed E-state index contributed by atoms with van der Waals surface area (Å²) in [6, 6.07) is 13.0. The third kappa shape index (κ3) is 5.69. The zero-order valence-electron chi connectivity index (χ0n) is 18.9. The van der Waals surface area contributed by atoms with Gasteiger partial charge in [0, 0.05) is 31.2 Å². The van der Waals surface area contributed by atoms with E-state index in [0.717, 1.165) is 22.5 Å². The fourth-order valence-electron chi connectivity index (χ4n) is 3.52. The minimum atomic E-state index is -0.340. The van der Waals surface area contributed by atoms with E-state index in [9.17, 15) is 9.59 Å². The Morgan fingerprint density at radius 1 is 1.06 bits per heavy atom. The van der Waals surface area contributed by atoms with E-state index in [1.54, 1.807) is 23.3 Å². The number of aryl methyl sites for hydroxylation is 3. The molecule has 0 unspecified atom stereocenters. The highest BCUT2D eigenvalue weighted by molar-refractivity contribution is 5.93. The number of furan rings is 1. The van der Waals surface area contributed by atoms with Gasteiger partial charge in [0.05, 0.1) is 19.4 Å². The molecule has 3 amide bonds. The molecular weight excluding hydrogens is 404 g/mol. The van der Waals surface area contributed by atoms with E-state index in [-0.39, 0.29) is 25.0 Å². The Morgan fingerprint density at radius 3 is 2.41 bits per heavy atom. The summed E-state index contributed by atoms with van der Waals surface area (Å²) < 4.78 is 7.43. The van der Waals surface area contributed by atoms with Crippen LogP contribution in [0.15, 0.2) is 72.0 Å². The summed E-state index contributed by atoms with van der Waals surface area (Å²) in [5.74, 6) is 0.504. The number of benzene rings is 1. The van der Waals surface area contributed by atoms with Gasteiger partial charge < -0.3 is 24.1 Å². The fourth-order valence-corrected chi connectivity index (χ4v) is 3.52. The number of hydrogen-bond acceptors (Lipinski definition) is 3. The Balaban J connectivity index is 1.76. The van der Waals surface area contributed by atoms with Gasteiger partial charge in [-0.2, -0.15) is 0 Å². The minimum Gasteiger partial charge on any atom is -0.467 e. The number of aromatic nitrogens is 1. The summed E-state index contributed by atoms with van der Waals surface area (Å²) in [6.07, 6.45) is 5.14. The summed E-state index contributed by atoms with van der Waals surface area (Å²) >= 11 is 0. The Labute approximate surface area is 188 Å². The molecular formula is C25H30N4O3. The predicted octanol–water partition coefficient (Wildman–Crippen LogP) is 4.48. The highest BCUT2D eigenvalue weighted by Crippen LogP contribution is 2.20. The van der Waals surface area contributed by atoms with Gasteiger partial charge in [-0.25, -0.2) is 4.79 Å². The van der Waals surface area contributed by atoms with Gasteiger partial charge >= 0.3 is 6.03 Å². The molecule has 1 N–H and O–H groups in total. The van der Waals surface area contributed by atoms with E-state index >= 15 is 0 Å². The first-order valence-electron chi connectivity index (χ1n) is 10.5. The quantitative estimate of drug-likeness (QED) is 0.505. The van der Waals surface area contributed by atoms with Crippen molar-refractivity contribution in [2.75, 3.05) is 18.4 Å². The van der Waals surface area contributed by atoms with Gasteiger partial charge in [-0.05, 0) is 49.2 Å². The number of urea groups is 1. The van der Waals surface area contributed by atoms with Crippen LogP contribution in [-0.4, -0.2) is 39.4 Å². The first-order valence-corrected chi connectivity index (χ1v) is 10.5. The molecule has 0 saturated carbocycles. The van der Waals surface area contributed by atoms with Crippen LogP contribution in [-0.2, 0) is 24.9 Å². The zero-order chi connectivity index (χ0) is 23.1. The maximum absolute atomic E-state index is 13.3. The summed E-state index contributed by atoms with van der Waals surface area (Å²) in [7, 11) is 1.94. The minimum absolute atomic E-state index is 0.0755. The zero-order valence-corrected chi connectivity index (χ0v) is 18.9. The van der Waals surface area contributed by atoms with Gasteiger partial charge in [0.2, 0.25) is 5.91 Å². The lowest BCUT2D eigenvalue weighted by Gasteiger charge is -2.27. The average Bonchev–Trinajstić information content (AvgIpc) is 3.41. The van der Waals surface area contributed by atoms with E-state index in [1.165, 1.54) is 4.90 Å². The van der Waals surface area contributed by atoms with Crippen LogP contribution in [0.4, 0.5) is 10.5 Å². The highest BCUT2D eigenvalue weighted by atomic mass is 16.3. The average molecular weight is 435 g/mol. The lowest BCUT2D eigenvalue weighted by molar-refractivity contribution is -0.133. The van der Waals surface area contributed by atoms with Gasteiger partial charge in [0.1, 0.15) is 12.3 Å². The maximum Gasteiger partial charge on any atom is 0.322 e. The van der Waals surface area contributed by atoms with Crippen LogP contribution in [0.2, 0.25) is 0 Å². The Morgan fingerprint density at radius 2 is 1.81 bits per heavy atom. The van der Waals surface area contributed by atoms with Crippen LogP contribution in [0.1, 0.15) is 22.6 Å². The normalized spacial score (nSPS) is 10.6. The van der Waals surface area contributed by atoms with Gasteiger partial charge in [-0.1, -0.05) is 24.3 Å². The lowest BCUT2D eigenvalue weighted by atomic mass is 10.1. The first kappa shape index (κ1) is 22.9. The molecule has 7 heteroatoms. The highest BCUT2D eigenvalue weighted by Gasteiger charge is 2.23.